The van der Waals surface area contributed by atoms with Crippen LogP contribution in [-0.4, -0.2) is 29.1 Å². The Hall–Kier alpha value is -2.68. The molecule has 0 saturated carbocycles. The number of methoxy groups -OCH3 is 1. The first-order valence-electron chi connectivity index (χ1n) is 5.92. The number of thiazole rings is 1. The van der Waals surface area contributed by atoms with E-state index in [0.717, 1.165) is 0 Å². The third-order valence-electron chi connectivity index (χ3n) is 2.39. The highest BCUT2D eigenvalue weighted by molar-refractivity contribution is 7.13. The number of alkyl carbamates (subject to hydrolysis) is 1. The Morgan fingerprint density at radius 1 is 1.38 bits per heavy atom. The van der Waals surface area contributed by atoms with Crippen LogP contribution < -0.4 is 16.8 Å². The summed E-state index contributed by atoms with van der Waals surface area (Å²) in [6.07, 6.45) is -0.508. The molecule has 1 amide bonds. The maximum Gasteiger partial charge on any atom is 0.407 e. The molecule has 0 atom stereocenters. The zero-order valence-electron chi connectivity index (χ0n) is 11.2. The minimum atomic E-state index is -0.508. The first kappa shape index (κ1) is 14.7. The third-order valence-corrected chi connectivity index (χ3v) is 3.12. The molecule has 21 heavy (non-hydrogen) atoms. The van der Waals surface area contributed by atoms with Crippen molar-refractivity contribution < 1.29 is 9.53 Å². The highest BCUT2D eigenvalue weighted by atomic mass is 32.1. The molecule has 9 heteroatoms. The smallest absolute Gasteiger partial charge is 0.407 e. The number of guanidine groups is 1. The lowest BCUT2D eigenvalue weighted by atomic mass is 10.2. The Morgan fingerprint density at radius 3 is 2.90 bits per heavy atom. The van der Waals surface area contributed by atoms with Crippen LogP contribution in [0, 0.1) is 0 Å². The lowest BCUT2D eigenvalue weighted by Crippen LogP contribution is -2.22. The van der Waals surface area contributed by atoms with E-state index in [2.05, 4.69) is 25.0 Å². The van der Waals surface area contributed by atoms with Crippen LogP contribution >= 0.6 is 11.3 Å². The number of aromatic nitrogens is 2. The summed E-state index contributed by atoms with van der Waals surface area (Å²) in [6.45, 7) is 0.269. The lowest BCUT2D eigenvalue weighted by Gasteiger charge is -2.04. The fraction of sp³-hybridized carbons (Fsp3) is 0.167. The van der Waals surface area contributed by atoms with E-state index in [0.29, 0.717) is 22.2 Å². The van der Waals surface area contributed by atoms with Crippen LogP contribution in [0.4, 0.5) is 9.93 Å². The number of pyridine rings is 1. The molecular weight excluding hydrogens is 292 g/mol. The van der Waals surface area contributed by atoms with Crippen LogP contribution in [0.5, 0.6) is 0 Å². The molecule has 0 fully saturated rings. The summed E-state index contributed by atoms with van der Waals surface area (Å²) in [7, 11) is 1.31. The van der Waals surface area contributed by atoms with Gasteiger partial charge in [0, 0.05) is 5.38 Å². The van der Waals surface area contributed by atoms with E-state index >= 15 is 0 Å². The van der Waals surface area contributed by atoms with Gasteiger partial charge >= 0.3 is 6.09 Å². The Labute approximate surface area is 124 Å². The molecule has 0 aliphatic heterocycles. The van der Waals surface area contributed by atoms with Gasteiger partial charge in [-0.2, -0.15) is 4.99 Å². The van der Waals surface area contributed by atoms with Crippen molar-refractivity contribution in [2.45, 2.75) is 6.54 Å². The van der Waals surface area contributed by atoms with Gasteiger partial charge in [0.1, 0.15) is 5.69 Å². The molecule has 0 radical (unpaired) electrons. The molecule has 0 saturated heterocycles. The Balaban J connectivity index is 2.15. The number of carbonyl (C=O) groups excluding carboxylic acids is 1. The minimum absolute atomic E-state index is 0.0418. The fourth-order valence-corrected chi connectivity index (χ4v) is 2.20. The molecule has 2 rings (SSSR count). The van der Waals surface area contributed by atoms with E-state index in [4.69, 9.17) is 11.5 Å². The molecule has 8 nitrogen and oxygen atoms in total. The molecule has 0 aliphatic rings. The molecule has 2 aromatic rings. The molecule has 0 spiro atoms. The second kappa shape index (κ2) is 6.66. The SMILES string of the molecule is COC(=O)NCc1cccc(-c2csc(N=C(N)N)n2)n1. The van der Waals surface area contributed by atoms with Gasteiger partial charge < -0.3 is 21.5 Å². The normalized spacial score (nSPS) is 9.95. The third kappa shape index (κ3) is 4.14. The van der Waals surface area contributed by atoms with Crippen molar-refractivity contribution in [1.82, 2.24) is 15.3 Å². The molecular formula is C12H14N6O2S. The number of hydrogen-bond acceptors (Lipinski definition) is 6. The van der Waals surface area contributed by atoms with Crippen molar-refractivity contribution in [2.24, 2.45) is 16.5 Å². The van der Waals surface area contributed by atoms with Crippen LogP contribution in [0.3, 0.4) is 0 Å². The average Bonchev–Trinajstić information content (AvgIpc) is 2.92. The van der Waals surface area contributed by atoms with Crippen LogP contribution in [0.1, 0.15) is 5.69 Å². The summed E-state index contributed by atoms with van der Waals surface area (Å²) in [5, 5.41) is 4.83. The molecule has 0 aromatic carbocycles. The summed E-state index contributed by atoms with van der Waals surface area (Å²) in [5.41, 5.74) is 12.6. The highest BCUT2D eigenvalue weighted by Crippen LogP contribution is 2.25. The molecule has 110 valence electrons. The van der Waals surface area contributed by atoms with Crippen LogP contribution in [0.25, 0.3) is 11.4 Å². The Morgan fingerprint density at radius 2 is 2.19 bits per heavy atom. The van der Waals surface area contributed by atoms with E-state index in [-0.39, 0.29) is 12.5 Å². The number of rotatable bonds is 4. The second-order valence-corrected chi connectivity index (χ2v) is 4.75. The zero-order valence-corrected chi connectivity index (χ0v) is 12.1. The number of nitrogens with zero attached hydrogens (tertiary/aromatic N) is 3. The lowest BCUT2D eigenvalue weighted by molar-refractivity contribution is 0.170. The molecule has 0 unspecified atom stereocenters. The highest BCUT2D eigenvalue weighted by Gasteiger charge is 2.07. The van der Waals surface area contributed by atoms with Crippen molar-refractivity contribution in [3.63, 3.8) is 0 Å². The maximum atomic E-state index is 11.0. The summed E-state index contributed by atoms with van der Waals surface area (Å²) in [5.74, 6) is -0.0418. The van der Waals surface area contributed by atoms with Gasteiger partial charge in [-0.25, -0.2) is 14.8 Å². The van der Waals surface area contributed by atoms with Gasteiger partial charge in [-0.1, -0.05) is 6.07 Å². The number of nitrogens with two attached hydrogens (primary N) is 2. The molecule has 5 N–H and O–H groups in total. The molecule has 0 bridgehead atoms. The Kier molecular flexibility index (Phi) is 4.67. The average molecular weight is 306 g/mol. The van der Waals surface area contributed by atoms with Crippen LogP contribution in [0.2, 0.25) is 0 Å². The number of carbonyl (C=O) groups is 1. The van der Waals surface area contributed by atoms with Gasteiger partial charge in [0.15, 0.2) is 5.96 Å². The largest absolute Gasteiger partial charge is 0.453 e. The predicted octanol–water partition coefficient (Wildman–Crippen LogP) is 0.966. The van der Waals surface area contributed by atoms with Crippen molar-refractivity contribution in [2.75, 3.05) is 7.11 Å². The quantitative estimate of drug-likeness (QED) is 0.570. The fourth-order valence-electron chi connectivity index (χ4n) is 1.50. The van der Waals surface area contributed by atoms with Gasteiger partial charge in [-0.05, 0) is 12.1 Å². The minimum Gasteiger partial charge on any atom is -0.453 e. The van der Waals surface area contributed by atoms with Crippen molar-refractivity contribution in [3.05, 3.63) is 29.3 Å². The first-order valence-corrected chi connectivity index (χ1v) is 6.79. The van der Waals surface area contributed by atoms with Crippen LogP contribution in [-0.2, 0) is 11.3 Å². The summed E-state index contributed by atoms with van der Waals surface area (Å²) < 4.78 is 4.50. The van der Waals surface area contributed by atoms with Gasteiger partial charge in [-0.3, -0.25) is 0 Å². The number of ether oxygens (including phenoxy) is 1. The first-order chi connectivity index (χ1) is 10.1. The number of nitrogens with one attached hydrogen (secondary N) is 1. The van der Waals surface area contributed by atoms with Crippen molar-refractivity contribution in [3.8, 4) is 11.4 Å². The van der Waals surface area contributed by atoms with E-state index in [1.807, 2.05) is 17.5 Å². The molecule has 2 heterocycles. The second-order valence-electron chi connectivity index (χ2n) is 3.91. The molecule has 2 aromatic heterocycles. The summed E-state index contributed by atoms with van der Waals surface area (Å²) >= 11 is 1.31. The predicted molar refractivity (Wildman–Crippen MR) is 80.1 cm³/mol. The van der Waals surface area contributed by atoms with E-state index in [1.165, 1.54) is 18.4 Å². The van der Waals surface area contributed by atoms with E-state index in [1.54, 1.807) is 6.07 Å². The van der Waals surface area contributed by atoms with Gasteiger partial charge in [0.25, 0.3) is 0 Å². The van der Waals surface area contributed by atoms with Gasteiger partial charge in [-0.15, -0.1) is 11.3 Å². The van der Waals surface area contributed by atoms with Crippen molar-refractivity contribution in [1.29, 1.82) is 0 Å². The van der Waals surface area contributed by atoms with Crippen molar-refractivity contribution >= 4 is 28.5 Å². The maximum absolute atomic E-state index is 11.0. The monoisotopic (exact) mass is 306 g/mol. The van der Waals surface area contributed by atoms with Gasteiger partial charge in [0.2, 0.25) is 5.13 Å². The standard InChI is InChI=1S/C12H14N6O2S/c1-20-12(19)15-5-7-3-2-4-8(16-7)9-6-21-11(17-9)18-10(13)14/h2-4,6H,5H2,1H3,(H,15,19)(H4,13,14,17,18). The summed E-state index contributed by atoms with van der Waals surface area (Å²) in [4.78, 5) is 23.6. The van der Waals surface area contributed by atoms with Gasteiger partial charge in [0.05, 0.1) is 25.0 Å². The van der Waals surface area contributed by atoms with E-state index in [9.17, 15) is 4.79 Å². The summed E-state index contributed by atoms with van der Waals surface area (Å²) in [6, 6.07) is 5.44. The number of amides is 1. The van der Waals surface area contributed by atoms with Crippen LogP contribution in [0.15, 0.2) is 28.6 Å². The zero-order chi connectivity index (χ0) is 15.2. The van der Waals surface area contributed by atoms with E-state index < -0.39 is 6.09 Å². The number of hydrogen-bond donors (Lipinski definition) is 3. The molecule has 0 aliphatic carbocycles. The topological polar surface area (TPSA) is 129 Å². The number of aliphatic imine (C=N–C) groups is 1. The Bertz CT molecular complexity index is 665.